The van der Waals surface area contributed by atoms with Crippen molar-refractivity contribution < 1.29 is 29.6 Å². The Balaban J connectivity index is 0.000001000. The predicted molar refractivity (Wildman–Crippen MR) is 38.1 cm³/mol. The largest absolute Gasteiger partial charge is 1.00 e. The van der Waals surface area contributed by atoms with Gasteiger partial charge >= 0.3 is 29.6 Å². The van der Waals surface area contributed by atoms with Gasteiger partial charge in [-0.3, -0.25) is 5.17 Å². The molecule has 0 N–H and O–H groups in total. The summed E-state index contributed by atoms with van der Waals surface area (Å²) in [6.45, 7) is 0. The minimum atomic E-state index is 0. The molecule has 0 heterocycles. The molecule has 0 amide bonds. The number of benzene rings is 1. The molecule has 0 spiro atoms. The van der Waals surface area contributed by atoms with Gasteiger partial charge in [0.1, 0.15) is 0 Å². The number of para-hydroxylation sites is 1. The minimum absolute atomic E-state index is 0. The quantitative estimate of drug-likeness (QED) is 0.306. The van der Waals surface area contributed by atoms with Crippen LogP contribution in [0.2, 0.25) is 0 Å². The van der Waals surface area contributed by atoms with E-state index in [1.54, 1.807) is 18.2 Å². The number of hydrogen-bond donors (Lipinski definition) is 0. The summed E-state index contributed by atoms with van der Waals surface area (Å²) in [6.07, 6.45) is 0. The van der Waals surface area contributed by atoms with Crippen LogP contribution in [0.3, 0.4) is 0 Å². The molecule has 0 bridgehead atoms. The SMILES string of the molecule is O=NN([O-])c1ccccc1.[Na+]. The molecular formula is C6H5N2NaO2. The zero-order valence-corrected chi connectivity index (χ0v) is 8.10. The summed E-state index contributed by atoms with van der Waals surface area (Å²) in [4.78, 5) is 9.67. The fourth-order valence-electron chi connectivity index (χ4n) is 0.603. The maximum Gasteiger partial charge on any atom is 1.00 e. The Kier molecular flexibility index (Phi) is 5.06. The van der Waals surface area contributed by atoms with Crippen LogP contribution in [0.1, 0.15) is 0 Å². The van der Waals surface area contributed by atoms with E-state index in [1.807, 2.05) is 0 Å². The summed E-state index contributed by atoms with van der Waals surface area (Å²) in [5.74, 6) is 0. The normalized spacial score (nSPS) is 8.09. The van der Waals surface area contributed by atoms with Crippen molar-refractivity contribution in [2.24, 2.45) is 5.29 Å². The van der Waals surface area contributed by atoms with Crippen molar-refractivity contribution in [3.63, 3.8) is 0 Å². The molecule has 0 saturated heterocycles. The second-order valence-corrected chi connectivity index (χ2v) is 1.69. The molecule has 0 aromatic heterocycles. The van der Waals surface area contributed by atoms with Crippen LogP contribution in [-0.2, 0) is 0 Å². The van der Waals surface area contributed by atoms with Crippen molar-refractivity contribution >= 4 is 5.69 Å². The molecule has 0 atom stereocenters. The van der Waals surface area contributed by atoms with Crippen molar-refractivity contribution in [1.82, 2.24) is 0 Å². The predicted octanol–water partition coefficient (Wildman–Crippen LogP) is -1.32. The summed E-state index contributed by atoms with van der Waals surface area (Å²) in [5.41, 5.74) is 0.248. The molecule has 1 rings (SSSR count). The fraction of sp³-hybridized carbons (Fsp3) is 0. The molecule has 1 aromatic rings. The first-order valence-electron chi connectivity index (χ1n) is 2.70. The molecule has 0 fully saturated rings. The smallest absolute Gasteiger partial charge is 0.735 e. The summed E-state index contributed by atoms with van der Waals surface area (Å²) in [7, 11) is 0. The van der Waals surface area contributed by atoms with Crippen LogP contribution in [-0.4, -0.2) is 0 Å². The van der Waals surface area contributed by atoms with E-state index in [1.165, 1.54) is 12.1 Å². The van der Waals surface area contributed by atoms with Gasteiger partial charge in [0.15, 0.2) is 0 Å². The monoisotopic (exact) mass is 160 g/mol. The first kappa shape index (κ1) is 10.6. The van der Waals surface area contributed by atoms with E-state index in [0.717, 1.165) is 0 Å². The average molecular weight is 160 g/mol. The van der Waals surface area contributed by atoms with Gasteiger partial charge in [-0.05, 0) is 12.1 Å². The first-order chi connectivity index (χ1) is 4.84. The maximum atomic E-state index is 10.5. The molecule has 0 unspecified atom stereocenters. The van der Waals surface area contributed by atoms with Crippen LogP contribution in [0.4, 0.5) is 5.69 Å². The number of hydrogen-bond acceptors (Lipinski definition) is 3. The molecule has 0 radical (unpaired) electrons. The van der Waals surface area contributed by atoms with Crippen molar-refractivity contribution in [1.29, 1.82) is 0 Å². The Morgan fingerprint density at radius 3 is 2.27 bits per heavy atom. The van der Waals surface area contributed by atoms with Gasteiger partial charge in [0.25, 0.3) is 0 Å². The summed E-state index contributed by atoms with van der Waals surface area (Å²) < 4.78 is 0. The van der Waals surface area contributed by atoms with E-state index < -0.39 is 0 Å². The van der Waals surface area contributed by atoms with Crippen molar-refractivity contribution in [3.05, 3.63) is 40.4 Å². The molecule has 1 aromatic carbocycles. The Morgan fingerprint density at radius 1 is 1.27 bits per heavy atom. The van der Waals surface area contributed by atoms with Gasteiger partial charge in [0, 0.05) is 11.0 Å². The van der Waals surface area contributed by atoms with Gasteiger partial charge in [-0.1, -0.05) is 18.2 Å². The Labute approximate surface area is 86.0 Å². The van der Waals surface area contributed by atoms with E-state index in [4.69, 9.17) is 0 Å². The van der Waals surface area contributed by atoms with Crippen LogP contribution in [0.25, 0.3) is 0 Å². The van der Waals surface area contributed by atoms with Crippen LogP contribution in [0.15, 0.2) is 35.6 Å². The van der Waals surface area contributed by atoms with E-state index in [2.05, 4.69) is 5.29 Å². The van der Waals surface area contributed by atoms with Crippen molar-refractivity contribution in [3.8, 4) is 0 Å². The van der Waals surface area contributed by atoms with Crippen LogP contribution >= 0.6 is 0 Å². The Hall–Kier alpha value is -0.420. The van der Waals surface area contributed by atoms with Gasteiger partial charge in [0.2, 0.25) is 0 Å². The van der Waals surface area contributed by atoms with Gasteiger partial charge in [-0.25, -0.2) is 0 Å². The molecule has 4 nitrogen and oxygen atoms in total. The molecular weight excluding hydrogens is 155 g/mol. The number of rotatable bonds is 2. The molecule has 0 aliphatic heterocycles. The van der Waals surface area contributed by atoms with Gasteiger partial charge in [-0.15, -0.1) is 4.91 Å². The molecule has 11 heavy (non-hydrogen) atoms. The zero-order valence-electron chi connectivity index (χ0n) is 6.10. The van der Waals surface area contributed by atoms with E-state index in [9.17, 15) is 10.1 Å². The Bertz CT molecular complexity index is 217. The zero-order chi connectivity index (χ0) is 7.40. The topological polar surface area (TPSA) is 55.7 Å². The average Bonchev–Trinajstić information content (AvgIpc) is 2.05. The van der Waals surface area contributed by atoms with Crippen LogP contribution < -0.4 is 34.7 Å². The summed E-state index contributed by atoms with van der Waals surface area (Å²) >= 11 is 0. The van der Waals surface area contributed by atoms with E-state index in [0.29, 0.717) is 0 Å². The minimum Gasteiger partial charge on any atom is -0.735 e. The Morgan fingerprint density at radius 2 is 1.82 bits per heavy atom. The number of nitrogens with zero attached hydrogens (tertiary/aromatic N) is 2. The summed E-state index contributed by atoms with van der Waals surface area (Å²) in [5, 5.41) is 12.7. The molecule has 5 heteroatoms. The molecule has 52 valence electrons. The molecule has 0 saturated carbocycles. The van der Waals surface area contributed by atoms with Gasteiger partial charge < -0.3 is 5.21 Å². The standard InChI is InChI=1S/C6H5N2O2.Na/c9-7-8(10)6-4-2-1-3-5-6;/h1-5H;/q-1;+1. The van der Waals surface area contributed by atoms with Crippen molar-refractivity contribution in [2.45, 2.75) is 0 Å². The van der Waals surface area contributed by atoms with E-state index in [-0.39, 0.29) is 40.4 Å². The third kappa shape index (κ3) is 2.98. The number of anilines is 1. The first-order valence-corrected chi connectivity index (χ1v) is 2.70. The third-order valence-corrected chi connectivity index (χ3v) is 1.05. The van der Waals surface area contributed by atoms with Gasteiger partial charge in [0.05, 0.1) is 0 Å². The third-order valence-electron chi connectivity index (χ3n) is 1.05. The van der Waals surface area contributed by atoms with Crippen LogP contribution in [0.5, 0.6) is 0 Å². The van der Waals surface area contributed by atoms with Crippen LogP contribution in [0, 0.1) is 10.1 Å². The number of nitroso groups, excluding NO2 is 1. The second kappa shape index (κ2) is 5.26. The molecule has 0 aliphatic rings. The van der Waals surface area contributed by atoms with Gasteiger partial charge in [-0.2, -0.15) is 0 Å². The molecule has 0 aliphatic carbocycles. The van der Waals surface area contributed by atoms with Crippen molar-refractivity contribution in [2.75, 3.05) is 5.17 Å². The maximum absolute atomic E-state index is 10.5. The summed E-state index contributed by atoms with van der Waals surface area (Å²) in [6, 6.07) is 8.09. The fourth-order valence-corrected chi connectivity index (χ4v) is 0.603. The van der Waals surface area contributed by atoms with E-state index >= 15 is 0 Å². The second-order valence-electron chi connectivity index (χ2n) is 1.69.